The molecule has 0 saturated carbocycles. The summed E-state index contributed by atoms with van der Waals surface area (Å²) in [6.07, 6.45) is 3.11. The molecular weight excluding hydrogens is 204 g/mol. The summed E-state index contributed by atoms with van der Waals surface area (Å²) < 4.78 is 0. The number of hydrogen-bond acceptors (Lipinski definition) is 4. The van der Waals surface area contributed by atoms with Crippen molar-refractivity contribution in [1.82, 2.24) is 30.4 Å². The molecule has 1 aromatic carbocycles. The number of aromatic amines is 2. The Labute approximate surface area is 90.8 Å². The highest BCUT2D eigenvalue weighted by molar-refractivity contribution is 5.62. The number of benzene rings is 1. The summed E-state index contributed by atoms with van der Waals surface area (Å²) in [5.41, 5.74) is 1.92. The fraction of sp³-hybridized carbons (Fsp3) is 0. The molecule has 0 amide bonds. The van der Waals surface area contributed by atoms with Gasteiger partial charge in [0.15, 0.2) is 11.6 Å². The average molecular weight is 212 g/mol. The van der Waals surface area contributed by atoms with E-state index < -0.39 is 0 Å². The summed E-state index contributed by atoms with van der Waals surface area (Å²) in [4.78, 5) is 8.15. The van der Waals surface area contributed by atoms with Gasteiger partial charge in [-0.1, -0.05) is 24.3 Å². The van der Waals surface area contributed by atoms with Crippen molar-refractivity contribution in [2.24, 2.45) is 0 Å². The number of nitrogens with one attached hydrogen (secondary N) is 2. The van der Waals surface area contributed by atoms with Gasteiger partial charge in [-0.3, -0.25) is 10.2 Å². The van der Waals surface area contributed by atoms with E-state index in [1.807, 2.05) is 24.3 Å². The smallest absolute Gasteiger partial charge is 0.180 e. The molecule has 2 heterocycles. The van der Waals surface area contributed by atoms with Crippen LogP contribution in [0.5, 0.6) is 0 Å². The van der Waals surface area contributed by atoms with Crippen LogP contribution in [0.25, 0.3) is 22.8 Å². The van der Waals surface area contributed by atoms with Crippen molar-refractivity contribution in [1.29, 1.82) is 0 Å². The summed E-state index contributed by atoms with van der Waals surface area (Å²) in [5.74, 6) is 1.36. The first-order valence-electron chi connectivity index (χ1n) is 4.76. The summed E-state index contributed by atoms with van der Waals surface area (Å²) in [6.45, 7) is 0. The number of aromatic nitrogens is 6. The molecule has 0 saturated heterocycles. The van der Waals surface area contributed by atoms with E-state index in [1.165, 1.54) is 0 Å². The van der Waals surface area contributed by atoms with Crippen molar-refractivity contribution in [3.63, 3.8) is 0 Å². The summed E-state index contributed by atoms with van der Waals surface area (Å²) in [6, 6.07) is 7.76. The average Bonchev–Trinajstić information content (AvgIpc) is 3.03. The maximum Gasteiger partial charge on any atom is 0.180 e. The molecule has 0 atom stereocenters. The Hall–Kier alpha value is -2.50. The van der Waals surface area contributed by atoms with Gasteiger partial charge in [-0.25, -0.2) is 9.97 Å². The lowest BCUT2D eigenvalue weighted by molar-refractivity contribution is 1.09. The molecule has 6 nitrogen and oxygen atoms in total. The fourth-order valence-electron chi connectivity index (χ4n) is 1.46. The van der Waals surface area contributed by atoms with Crippen LogP contribution in [0.3, 0.4) is 0 Å². The quantitative estimate of drug-likeness (QED) is 0.669. The van der Waals surface area contributed by atoms with E-state index in [0.29, 0.717) is 11.6 Å². The molecule has 78 valence electrons. The highest BCUT2D eigenvalue weighted by Gasteiger charge is 2.04. The zero-order valence-electron chi connectivity index (χ0n) is 8.25. The van der Waals surface area contributed by atoms with Crippen LogP contribution in [-0.4, -0.2) is 30.4 Å². The second-order valence-electron chi connectivity index (χ2n) is 3.22. The van der Waals surface area contributed by atoms with E-state index in [4.69, 9.17) is 0 Å². The molecule has 0 aliphatic heterocycles. The number of nitrogens with zero attached hydrogens (tertiary/aromatic N) is 4. The van der Waals surface area contributed by atoms with E-state index in [2.05, 4.69) is 30.4 Å². The Morgan fingerprint density at radius 1 is 0.688 bits per heavy atom. The van der Waals surface area contributed by atoms with Crippen molar-refractivity contribution < 1.29 is 0 Å². The molecule has 0 fully saturated rings. The molecule has 0 aliphatic rings. The zero-order valence-corrected chi connectivity index (χ0v) is 8.25. The van der Waals surface area contributed by atoms with E-state index in [9.17, 15) is 0 Å². The van der Waals surface area contributed by atoms with Gasteiger partial charge in [0.2, 0.25) is 0 Å². The lowest BCUT2D eigenvalue weighted by Crippen LogP contribution is -1.83. The highest BCUT2D eigenvalue weighted by Crippen LogP contribution is 2.19. The molecule has 16 heavy (non-hydrogen) atoms. The first-order valence-corrected chi connectivity index (χ1v) is 4.76. The van der Waals surface area contributed by atoms with Crippen LogP contribution in [0.15, 0.2) is 36.9 Å². The second kappa shape index (κ2) is 3.58. The van der Waals surface area contributed by atoms with Crippen molar-refractivity contribution >= 4 is 0 Å². The molecule has 0 radical (unpaired) electrons. The first kappa shape index (κ1) is 8.78. The monoisotopic (exact) mass is 212 g/mol. The molecule has 3 aromatic rings. The van der Waals surface area contributed by atoms with Crippen LogP contribution in [0.2, 0.25) is 0 Å². The van der Waals surface area contributed by atoms with Gasteiger partial charge in [-0.2, -0.15) is 10.2 Å². The predicted molar refractivity (Wildman–Crippen MR) is 57.2 cm³/mol. The van der Waals surface area contributed by atoms with Gasteiger partial charge in [-0.05, 0) is 0 Å². The van der Waals surface area contributed by atoms with E-state index in [0.717, 1.165) is 11.1 Å². The van der Waals surface area contributed by atoms with Gasteiger partial charge in [0, 0.05) is 11.1 Å². The molecule has 0 unspecified atom stereocenters. The third kappa shape index (κ3) is 1.46. The maximum atomic E-state index is 4.07. The lowest BCUT2D eigenvalue weighted by Gasteiger charge is -1.97. The summed E-state index contributed by atoms with van der Waals surface area (Å²) >= 11 is 0. The van der Waals surface area contributed by atoms with Gasteiger partial charge in [0.25, 0.3) is 0 Å². The molecule has 0 spiro atoms. The van der Waals surface area contributed by atoms with Crippen molar-refractivity contribution in [3.05, 3.63) is 36.9 Å². The molecule has 3 rings (SSSR count). The summed E-state index contributed by atoms with van der Waals surface area (Å²) in [7, 11) is 0. The lowest BCUT2D eigenvalue weighted by atomic mass is 10.1. The zero-order chi connectivity index (χ0) is 10.8. The number of H-pyrrole nitrogens is 2. The fourth-order valence-corrected chi connectivity index (χ4v) is 1.46. The largest absolute Gasteiger partial charge is 0.265 e. The van der Waals surface area contributed by atoms with E-state index >= 15 is 0 Å². The Morgan fingerprint density at radius 3 is 1.44 bits per heavy atom. The Kier molecular flexibility index (Phi) is 1.96. The van der Waals surface area contributed by atoms with Crippen LogP contribution in [0.4, 0.5) is 0 Å². The molecule has 2 aromatic heterocycles. The molecule has 0 bridgehead atoms. The minimum atomic E-state index is 0.682. The van der Waals surface area contributed by atoms with Gasteiger partial charge < -0.3 is 0 Å². The first-order chi connectivity index (χ1) is 7.93. The standard InChI is InChI=1S/C10H8N6/c1-2-8(10-12-6-14-16-10)4-3-7(1)9-11-5-13-15-9/h1-6H,(H,11,13,15)(H,12,14,16). The van der Waals surface area contributed by atoms with Crippen LogP contribution < -0.4 is 0 Å². The van der Waals surface area contributed by atoms with E-state index in [-0.39, 0.29) is 0 Å². The van der Waals surface area contributed by atoms with E-state index in [1.54, 1.807) is 12.7 Å². The van der Waals surface area contributed by atoms with Crippen molar-refractivity contribution in [2.45, 2.75) is 0 Å². The van der Waals surface area contributed by atoms with Crippen LogP contribution in [-0.2, 0) is 0 Å². The highest BCUT2D eigenvalue weighted by atomic mass is 15.2. The Bertz CT molecular complexity index is 499. The third-order valence-electron chi connectivity index (χ3n) is 2.23. The topological polar surface area (TPSA) is 83.1 Å². The minimum absolute atomic E-state index is 0.682. The summed E-state index contributed by atoms with van der Waals surface area (Å²) in [5, 5.41) is 13.4. The van der Waals surface area contributed by atoms with Gasteiger partial charge in [0.05, 0.1) is 0 Å². The Balaban J connectivity index is 1.97. The maximum absolute atomic E-state index is 4.07. The molecule has 6 heteroatoms. The van der Waals surface area contributed by atoms with Crippen molar-refractivity contribution in [2.75, 3.05) is 0 Å². The third-order valence-corrected chi connectivity index (χ3v) is 2.23. The van der Waals surface area contributed by atoms with Crippen LogP contribution >= 0.6 is 0 Å². The SMILES string of the molecule is c1nc(-c2ccc(-c3nc[nH]n3)cc2)n[nH]1. The van der Waals surface area contributed by atoms with Gasteiger partial charge in [0.1, 0.15) is 12.7 Å². The molecule has 2 N–H and O–H groups in total. The van der Waals surface area contributed by atoms with Crippen LogP contribution in [0, 0.1) is 0 Å². The molecule has 0 aliphatic carbocycles. The normalized spacial score (nSPS) is 10.5. The second-order valence-corrected chi connectivity index (χ2v) is 3.22. The number of rotatable bonds is 2. The predicted octanol–water partition coefficient (Wildman–Crippen LogP) is 1.26. The van der Waals surface area contributed by atoms with Gasteiger partial charge in [-0.15, -0.1) is 0 Å². The molecular formula is C10H8N6. The number of hydrogen-bond donors (Lipinski definition) is 2. The van der Waals surface area contributed by atoms with Crippen molar-refractivity contribution in [3.8, 4) is 22.8 Å². The van der Waals surface area contributed by atoms with Crippen LogP contribution in [0.1, 0.15) is 0 Å². The Morgan fingerprint density at radius 2 is 1.12 bits per heavy atom. The minimum Gasteiger partial charge on any atom is -0.265 e. The van der Waals surface area contributed by atoms with Gasteiger partial charge >= 0.3 is 0 Å².